The highest BCUT2D eigenvalue weighted by Crippen LogP contribution is 2.39. The van der Waals surface area contributed by atoms with Crippen molar-refractivity contribution in [3.63, 3.8) is 0 Å². The van der Waals surface area contributed by atoms with Gasteiger partial charge in [0, 0.05) is 16.3 Å². The van der Waals surface area contributed by atoms with E-state index in [1.165, 1.54) is 0 Å². The number of hydrogen-bond acceptors (Lipinski definition) is 5. The largest absolute Gasteiger partial charge is 0.457 e. The van der Waals surface area contributed by atoms with Gasteiger partial charge in [-0.25, -0.2) is 0 Å². The SMILES string of the molecule is Cc1cccc(N2C(S)=C(C#N)C(=O)NC2c2ccc(-c3ccc(Cl)cc3Cl)o2)c1. The lowest BCUT2D eigenvalue weighted by molar-refractivity contribution is -0.118. The fraction of sp³-hybridized carbons (Fsp3) is 0.0909. The van der Waals surface area contributed by atoms with Crippen molar-refractivity contribution in [2.75, 3.05) is 4.90 Å². The Bertz CT molecular complexity index is 1230. The first-order valence-electron chi connectivity index (χ1n) is 8.94. The number of amides is 1. The molecule has 5 nitrogen and oxygen atoms in total. The van der Waals surface area contributed by atoms with Crippen molar-refractivity contribution in [3.8, 4) is 17.4 Å². The van der Waals surface area contributed by atoms with Crippen LogP contribution in [-0.4, -0.2) is 5.91 Å². The minimum atomic E-state index is -0.691. The van der Waals surface area contributed by atoms with Crippen LogP contribution in [0.1, 0.15) is 17.5 Å². The number of anilines is 1. The predicted octanol–water partition coefficient (Wildman–Crippen LogP) is 5.86. The molecule has 0 saturated heterocycles. The van der Waals surface area contributed by atoms with Gasteiger partial charge in [-0.15, -0.1) is 12.6 Å². The number of thiol groups is 1. The lowest BCUT2D eigenvalue weighted by Gasteiger charge is -2.36. The molecule has 1 aromatic heterocycles. The summed E-state index contributed by atoms with van der Waals surface area (Å²) in [6.07, 6.45) is -0.691. The van der Waals surface area contributed by atoms with Crippen molar-refractivity contribution in [1.29, 1.82) is 5.26 Å². The number of nitriles is 1. The maximum atomic E-state index is 12.5. The highest BCUT2D eigenvalue weighted by atomic mass is 35.5. The summed E-state index contributed by atoms with van der Waals surface area (Å²) in [7, 11) is 0. The van der Waals surface area contributed by atoms with E-state index in [1.54, 1.807) is 35.2 Å². The van der Waals surface area contributed by atoms with E-state index in [4.69, 9.17) is 27.6 Å². The van der Waals surface area contributed by atoms with Crippen LogP contribution < -0.4 is 10.2 Å². The van der Waals surface area contributed by atoms with Crippen LogP contribution in [0.5, 0.6) is 0 Å². The fourth-order valence-electron chi connectivity index (χ4n) is 3.29. The normalized spacial score (nSPS) is 16.4. The predicted molar refractivity (Wildman–Crippen MR) is 120 cm³/mol. The quantitative estimate of drug-likeness (QED) is 0.485. The topological polar surface area (TPSA) is 69.3 Å². The molecule has 2 heterocycles. The summed E-state index contributed by atoms with van der Waals surface area (Å²) in [4.78, 5) is 14.2. The molecule has 1 N–H and O–H groups in total. The molecule has 8 heteroatoms. The first kappa shape index (κ1) is 20.4. The van der Waals surface area contributed by atoms with Crippen molar-refractivity contribution in [1.82, 2.24) is 5.32 Å². The zero-order chi connectivity index (χ0) is 21.4. The standard InChI is InChI=1S/C22H15Cl2N3O2S/c1-12-3-2-4-14(9-12)27-20(26-21(28)16(11-25)22(27)30)19-8-7-18(29-19)15-6-5-13(23)10-17(15)24/h2-10,20,30H,1H3,(H,26,28). The fourth-order valence-corrected chi connectivity index (χ4v) is 4.17. The average Bonchev–Trinajstić information content (AvgIpc) is 3.17. The molecule has 0 fully saturated rings. The van der Waals surface area contributed by atoms with Crippen molar-refractivity contribution >= 4 is 47.4 Å². The summed E-state index contributed by atoms with van der Waals surface area (Å²) in [5.74, 6) is 0.481. The number of hydrogen-bond donors (Lipinski definition) is 2. The number of halogens is 2. The van der Waals surface area contributed by atoms with Gasteiger partial charge in [-0.3, -0.25) is 4.79 Å². The Balaban J connectivity index is 1.81. The van der Waals surface area contributed by atoms with Crippen LogP contribution in [0.3, 0.4) is 0 Å². The van der Waals surface area contributed by atoms with Gasteiger partial charge < -0.3 is 14.6 Å². The Morgan fingerprint density at radius 2 is 1.97 bits per heavy atom. The van der Waals surface area contributed by atoms with Crippen LogP contribution in [-0.2, 0) is 4.79 Å². The second kappa shape index (κ2) is 8.11. The van der Waals surface area contributed by atoms with Gasteiger partial charge in [0.05, 0.1) is 10.1 Å². The van der Waals surface area contributed by atoms with Gasteiger partial charge in [-0.2, -0.15) is 5.26 Å². The molecule has 0 bridgehead atoms. The van der Waals surface area contributed by atoms with E-state index in [0.29, 0.717) is 27.1 Å². The summed E-state index contributed by atoms with van der Waals surface area (Å²) in [6.45, 7) is 1.96. The van der Waals surface area contributed by atoms with Crippen molar-refractivity contribution < 1.29 is 9.21 Å². The second-order valence-corrected chi connectivity index (χ2v) is 7.99. The average molecular weight is 456 g/mol. The Morgan fingerprint density at radius 1 is 1.17 bits per heavy atom. The molecule has 1 aliphatic heterocycles. The van der Waals surface area contributed by atoms with Crippen LogP contribution in [0.2, 0.25) is 10.0 Å². The smallest absolute Gasteiger partial charge is 0.266 e. The molecular formula is C22H15Cl2N3O2S. The summed E-state index contributed by atoms with van der Waals surface area (Å²) < 4.78 is 6.05. The first-order valence-corrected chi connectivity index (χ1v) is 10.1. The summed E-state index contributed by atoms with van der Waals surface area (Å²) in [5.41, 5.74) is 2.40. The number of nitrogens with one attached hydrogen (secondary N) is 1. The number of furan rings is 1. The van der Waals surface area contributed by atoms with Crippen LogP contribution >= 0.6 is 35.8 Å². The molecule has 3 aromatic rings. The number of benzene rings is 2. The highest BCUT2D eigenvalue weighted by Gasteiger charge is 2.36. The molecule has 0 radical (unpaired) electrons. The zero-order valence-corrected chi connectivity index (χ0v) is 18.1. The first-order chi connectivity index (χ1) is 14.4. The maximum absolute atomic E-state index is 12.5. The summed E-state index contributed by atoms with van der Waals surface area (Å²) in [5, 5.41) is 13.5. The zero-order valence-electron chi connectivity index (χ0n) is 15.7. The molecule has 150 valence electrons. The molecule has 1 aliphatic rings. The van der Waals surface area contributed by atoms with Gasteiger partial charge in [-0.1, -0.05) is 35.3 Å². The number of aryl methyl sites for hydroxylation is 1. The summed E-state index contributed by atoms with van der Waals surface area (Å²) >= 11 is 16.8. The molecule has 0 spiro atoms. The molecule has 4 rings (SSSR count). The van der Waals surface area contributed by atoms with Crippen LogP contribution in [0.25, 0.3) is 11.3 Å². The third-order valence-electron chi connectivity index (χ3n) is 4.69. The van der Waals surface area contributed by atoms with Crippen LogP contribution in [0.15, 0.2) is 69.6 Å². The number of rotatable bonds is 3. The molecular weight excluding hydrogens is 441 g/mol. The molecule has 0 saturated carbocycles. The Labute approximate surface area is 188 Å². The monoisotopic (exact) mass is 455 g/mol. The Hall–Kier alpha value is -2.85. The minimum Gasteiger partial charge on any atom is -0.457 e. The molecule has 1 unspecified atom stereocenters. The van der Waals surface area contributed by atoms with Gasteiger partial charge in [0.25, 0.3) is 5.91 Å². The lowest BCUT2D eigenvalue weighted by Crippen LogP contribution is -2.45. The van der Waals surface area contributed by atoms with Crippen LogP contribution in [0.4, 0.5) is 5.69 Å². The highest BCUT2D eigenvalue weighted by molar-refractivity contribution is 7.84. The maximum Gasteiger partial charge on any atom is 0.266 e. The Kier molecular flexibility index (Phi) is 5.52. The van der Waals surface area contributed by atoms with Gasteiger partial charge in [0.2, 0.25) is 0 Å². The van der Waals surface area contributed by atoms with E-state index in [-0.39, 0.29) is 10.6 Å². The molecule has 1 amide bonds. The van der Waals surface area contributed by atoms with E-state index in [9.17, 15) is 10.1 Å². The molecule has 30 heavy (non-hydrogen) atoms. The number of carbonyl (C=O) groups is 1. The van der Waals surface area contributed by atoms with E-state index in [1.807, 2.05) is 37.3 Å². The number of carbonyl (C=O) groups excluding carboxylic acids is 1. The van der Waals surface area contributed by atoms with Gasteiger partial charge in [-0.05, 0) is 55.0 Å². The van der Waals surface area contributed by atoms with Gasteiger partial charge >= 0.3 is 0 Å². The Morgan fingerprint density at radius 3 is 2.67 bits per heavy atom. The van der Waals surface area contributed by atoms with Crippen molar-refractivity contribution in [2.24, 2.45) is 0 Å². The molecule has 1 atom stereocenters. The van der Waals surface area contributed by atoms with Crippen molar-refractivity contribution in [2.45, 2.75) is 13.1 Å². The second-order valence-electron chi connectivity index (χ2n) is 6.72. The third-order valence-corrected chi connectivity index (χ3v) is 5.68. The van der Waals surface area contributed by atoms with E-state index >= 15 is 0 Å². The third kappa shape index (κ3) is 3.68. The van der Waals surface area contributed by atoms with E-state index in [0.717, 1.165) is 11.3 Å². The van der Waals surface area contributed by atoms with E-state index < -0.39 is 12.1 Å². The summed E-state index contributed by atoms with van der Waals surface area (Å²) in [6, 6.07) is 18.2. The van der Waals surface area contributed by atoms with Gasteiger partial charge in [0.1, 0.15) is 23.2 Å². The minimum absolute atomic E-state index is 0.0661. The van der Waals surface area contributed by atoms with Gasteiger partial charge in [0.15, 0.2) is 6.17 Å². The lowest BCUT2D eigenvalue weighted by atomic mass is 10.1. The molecule has 2 aromatic carbocycles. The molecule has 0 aliphatic carbocycles. The van der Waals surface area contributed by atoms with Crippen molar-refractivity contribution in [3.05, 3.63) is 86.6 Å². The van der Waals surface area contributed by atoms with Crippen LogP contribution in [0, 0.1) is 18.3 Å². The van der Waals surface area contributed by atoms with E-state index in [2.05, 4.69) is 17.9 Å². The number of nitrogens with zero attached hydrogens (tertiary/aromatic N) is 2.